The van der Waals surface area contributed by atoms with E-state index < -0.39 is 12.2 Å². The number of ether oxygens (including phenoxy) is 2. The monoisotopic (exact) mass is 238 g/mol. The first-order valence-corrected chi connectivity index (χ1v) is 5.66. The maximum absolute atomic E-state index is 11.3. The van der Waals surface area contributed by atoms with E-state index in [1.807, 2.05) is 0 Å². The first-order valence-electron chi connectivity index (χ1n) is 5.66. The highest BCUT2D eigenvalue weighted by Crippen LogP contribution is 2.18. The molecule has 0 bridgehead atoms. The molecule has 0 aromatic heterocycles. The van der Waals surface area contributed by atoms with E-state index >= 15 is 0 Å². The van der Waals surface area contributed by atoms with E-state index in [1.54, 1.807) is 45.0 Å². The number of hydrogen-bond acceptors (Lipinski definition) is 4. The van der Waals surface area contributed by atoms with Crippen LogP contribution in [0.3, 0.4) is 0 Å². The Bertz CT molecular complexity index is 356. The first kappa shape index (κ1) is 13.5. The summed E-state index contributed by atoms with van der Waals surface area (Å²) in [5.41, 5.74) is 0.807. The van der Waals surface area contributed by atoms with Crippen molar-refractivity contribution in [1.82, 2.24) is 0 Å². The highest BCUT2D eigenvalue weighted by atomic mass is 16.6. The lowest BCUT2D eigenvalue weighted by Crippen LogP contribution is -2.26. The molecule has 1 N–H and O–H groups in total. The van der Waals surface area contributed by atoms with Crippen LogP contribution in [0, 0.1) is 0 Å². The van der Waals surface area contributed by atoms with E-state index in [4.69, 9.17) is 9.47 Å². The fraction of sp³-hybridized carbons (Fsp3) is 0.462. The van der Waals surface area contributed by atoms with Crippen LogP contribution >= 0.6 is 0 Å². The predicted molar refractivity (Wildman–Crippen MR) is 63.8 cm³/mol. The van der Waals surface area contributed by atoms with Crippen molar-refractivity contribution in [3.63, 3.8) is 0 Å². The number of hydrogen-bond donors (Lipinski definition) is 1. The zero-order chi connectivity index (χ0) is 12.8. The van der Waals surface area contributed by atoms with Gasteiger partial charge >= 0.3 is 5.97 Å². The lowest BCUT2D eigenvalue weighted by molar-refractivity contribution is -0.150. The van der Waals surface area contributed by atoms with Gasteiger partial charge in [-0.3, -0.25) is 0 Å². The molecule has 0 heterocycles. The third-order valence-corrected chi connectivity index (χ3v) is 2.29. The normalized spacial score (nSPS) is 13.9. The summed E-state index contributed by atoms with van der Waals surface area (Å²) >= 11 is 0. The molecule has 17 heavy (non-hydrogen) atoms. The van der Waals surface area contributed by atoms with Gasteiger partial charge in [0.15, 0.2) is 6.10 Å². The first-order chi connectivity index (χ1) is 8.04. The average Bonchev–Trinajstić information content (AvgIpc) is 2.30. The summed E-state index contributed by atoms with van der Waals surface area (Å²) in [7, 11) is 0. The van der Waals surface area contributed by atoms with Gasteiger partial charge in [-0.15, -0.1) is 0 Å². The lowest BCUT2D eigenvalue weighted by Gasteiger charge is -2.13. The summed E-state index contributed by atoms with van der Waals surface area (Å²) in [6.07, 6.45) is -1.14. The number of benzene rings is 1. The molecule has 4 nitrogen and oxygen atoms in total. The molecular formula is C13H18O4. The summed E-state index contributed by atoms with van der Waals surface area (Å²) in [5, 5.41) is 9.34. The number of esters is 1. The minimum Gasteiger partial charge on any atom is -0.479 e. The summed E-state index contributed by atoms with van der Waals surface area (Å²) in [5.74, 6) is 0.196. The van der Waals surface area contributed by atoms with Crippen LogP contribution < -0.4 is 4.74 Å². The molecular weight excluding hydrogens is 220 g/mol. The third kappa shape index (κ3) is 4.07. The quantitative estimate of drug-likeness (QED) is 0.798. The standard InChI is InChI=1S/C13H18O4/c1-4-16-13(15)10(3)17-12-7-5-11(6-8-12)9(2)14/h5-10,14H,4H2,1-3H3/t9-,10?/m1/s1. The smallest absolute Gasteiger partial charge is 0.347 e. The molecule has 0 radical (unpaired) electrons. The van der Waals surface area contributed by atoms with Crippen LogP contribution in [0.4, 0.5) is 0 Å². The number of rotatable bonds is 5. The van der Waals surface area contributed by atoms with Crippen LogP contribution in [0.25, 0.3) is 0 Å². The van der Waals surface area contributed by atoms with Crippen LogP contribution in [0.2, 0.25) is 0 Å². The zero-order valence-corrected chi connectivity index (χ0v) is 10.3. The summed E-state index contributed by atoms with van der Waals surface area (Å²) < 4.78 is 10.2. The van der Waals surface area contributed by atoms with Crippen LogP contribution in [0.1, 0.15) is 32.4 Å². The number of aliphatic hydroxyl groups is 1. The SMILES string of the molecule is CCOC(=O)C(C)Oc1ccc([C@@H](C)O)cc1. The fourth-order valence-electron chi connectivity index (χ4n) is 1.34. The molecule has 1 aromatic carbocycles. The van der Waals surface area contributed by atoms with Gasteiger partial charge in [-0.25, -0.2) is 4.79 Å². The van der Waals surface area contributed by atoms with Gasteiger partial charge in [-0.2, -0.15) is 0 Å². The number of carbonyl (C=O) groups is 1. The average molecular weight is 238 g/mol. The molecule has 1 aromatic rings. The van der Waals surface area contributed by atoms with Crippen LogP contribution in [0.15, 0.2) is 24.3 Å². The van der Waals surface area contributed by atoms with E-state index in [1.165, 1.54) is 0 Å². The lowest BCUT2D eigenvalue weighted by atomic mass is 10.1. The molecule has 0 saturated carbocycles. The molecule has 0 aliphatic heterocycles. The van der Waals surface area contributed by atoms with E-state index in [0.29, 0.717) is 12.4 Å². The Morgan fingerprint density at radius 3 is 2.35 bits per heavy atom. The molecule has 0 spiro atoms. The van der Waals surface area contributed by atoms with Gasteiger partial charge in [-0.05, 0) is 38.5 Å². The third-order valence-electron chi connectivity index (χ3n) is 2.29. The van der Waals surface area contributed by atoms with E-state index in [0.717, 1.165) is 5.56 Å². The van der Waals surface area contributed by atoms with Crippen LogP contribution in [-0.2, 0) is 9.53 Å². The van der Waals surface area contributed by atoms with Crippen molar-refractivity contribution in [1.29, 1.82) is 0 Å². The van der Waals surface area contributed by atoms with Gasteiger partial charge in [0, 0.05) is 0 Å². The molecule has 0 amide bonds. The maximum Gasteiger partial charge on any atom is 0.347 e. The van der Waals surface area contributed by atoms with Gasteiger partial charge in [-0.1, -0.05) is 12.1 Å². The summed E-state index contributed by atoms with van der Waals surface area (Å²) in [6, 6.07) is 6.96. The predicted octanol–water partition coefficient (Wildman–Crippen LogP) is 2.07. The summed E-state index contributed by atoms with van der Waals surface area (Å²) in [6.45, 7) is 5.42. The van der Waals surface area contributed by atoms with Gasteiger partial charge in [0.2, 0.25) is 0 Å². The van der Waals surface area contributed by atoms with Gasteiger partial charge < -0.3 is 14.6 Å². The van der Waals surface area contributed by atoms with Gasteiger partial charge in [0.1, 0.15) is 5.75 Å². The Morgan fingerprint density at radius 2 is 1.88 bits per heavy atom. The van der Waals surface area contributed by atoms with Crippen molar-refractivity contribution in [3.05, 3.63) is 29.8 Å². The topological polar surface area (TPSA) is 55.8 Å². The molecule has 4 heteroatoms. The molecule has 0 fully saturated rings. The van der Waals surface area contributed by atoms with Gasteiger partial charge in [0.25, 0.3) is 0 Å². The highest BCUT2D eigenvalue weighted by Gasteiger charge is 2.15. The van der Waals surface area contributed by atoms with Crippen molar-refractivity contribution < 1.29 is 19.4 Å². The minimum absolute atomic E-state index is 0.341. The van der Waals surface area contributed by atoms with Crippen LogP contribution in [-0.4, -0.2) is 23.8 Å². The Kier molecular flexibility index (Phi) is 4.97. The van der Waals surface area contributed by atoms with Crippen molar-refractivity contribution in [2.24, 2.45) is 0 Å². The molecule has 0 aliphatic carbocycles. The Morgan fingerprint density at radius 1 is 1.29 bits per heavy atom. The maximum atomic E-state index is 11.3. The van der Waals surface area contributed by atoms with E-state index in [9.17, 15) is 9.90 Å². The molecule has 2 atom stereocenters. The molecule has 0 saturated heterocycles. The largest absolute Gasteiger partial charge is 0.479 e. The second kappa shape index (κ2) is 6.25. The molecule has 94 valence electrons. The number of carbonyl (C=O) groups excluding carboxylic acids is 1. The second-order valence-electron chi connectivity index (χ2n) is 3.76. The minimum atomic E-state index is -0.632. The van der Waals surface area contributed by atoms with E-state index in [-0.39, 0.29) is 5.97 Å². The van der Waals surface area contributed by atoms with Crippen LogP contribution in [0.5, 0.6) is 5.75 Å². The number of aliphatic hydroxyl groups excluding tert-OH is 1. The summed E-state index contributed by atoms with van der Waals surface area (Å²) in [4.78, 5) is 11.3. The fourth-order valence-corrected chi connectivity index (χ4v) is 1.34. The Balaban J connectivity index is 2.60. The molecule has 0 aliphatic rings. The van der Waals surface area contributed by atoms with E-state index in [2.05, 4.69) is 0 Å². The van der Waals surface area contributed by atoms with Gasteiger partial charge in [0.05, 0.1) is 12.7 Å². The Labute approximate surface area is 101 Å². The second-order valence-corrected chi connectivity index (χ2v) is 3.76. The highest BCUT2D eigenvalue weighted by molar-refractivity contribution is 5.74. The molecule has 1 rings (SSSR count). The Hall–Kier alpha value is -1.55. The molecule has 1 unspecified atom stereocenters. The van der Waals surface area contributed by atoms with Crippen molar-refractivity contribution in [2.75, 3.05) is 6.61 Å². The van der Waals surface area contributed by atoms with Crippen molar-refractivity contribution in [2.45, 2.75) is 33.0 Å². The van der Waals surface area contributed by atoms with Crippen molar-refractivity contribution in [3.8, 4) is 5.75 Å². The van der Waals surface area contributed by atoms with Crippen molar-refractivity contribution >= 4 is 5.97 Å². The zero-order valence-electron chi connectivity index (χ0n) is 10.3.